The number of thiazole rings is 2. The van der Waals surface area contributed by atoms with Gasteiger partial charge in [0.05, 0.1) is 49.6 Å². The van der Waals surface area contributed by atoms with Crippen molar-refractivity contribution < 1.29 is 52.1 Å². The number of halogens is 4. The molecule has 0 bridgehead atoms. The summed E-state index contributed by atoms with van der Waals surface area (Å²) in [6.45, 7) is 10.4. The van der Waals surface area contributed by atoms with Crippen LogP contribution in [0.1, 0.15) is 77.6 Å². The third-order valence-electron chi connectivity index (χ3n) is 18.8. The Kier molecular flexibility index (Phi) is 21.1. The van der Waals surface area contributed by atoms with E-state index in [1.54, 1.807) is 36.4 Å². The fraction of sp³-hybridized carbons (Fsp3) is 0.263. The molecule has 6 aromatic carbocycles. The zero-order valence-electron chi connectivity index (χ0n) is 56.5. The first-order valence-corrected chi connectivity index (χ1v) is 35.5. The number of urea groups is 2. The van der Waals surface area contributed by atoms with Gasteiger partial charge in [-0.05, 0) is 103 Å². The zero-order valence-corrected chi connectivity index (χ0v) is 59.6. The third kappa shape index (κ3) is 15.2. The Hall–Kier alpha value is -10.5. The van der Waals surface area contributed by atoms with Gasteiger partial charge in [-0.15, -0.1) is 22.7 Å². The average Bonchev–Trinajstić information content (AvgIpc) is 1.68. The van der Waals surface area contributed by atoms with Crippen LogP contribution in [0.3, 0.4) is 0 Å². The van der Waals surface area contributed by atoms with Crippen molar-refractivity contribution >= 4 is 99.0 Å². The molecule has 8 aromatic rings. The van der Waals surface area contributed by atoms with E-state index in [-0.39, 0.29) is 63.2 Å². The second-order valence-electron chi connectivity index (χ2n) is 25.4. The fourth-order valence-corrected chi connectivity index (χ4v) is 15.4. The number of hydrogen-bond donors (Lipinski definition) is 3. The quantitative estimate of drug-likeness (QED) is 0.0463. The number of nitrogens with zero attached hydrogens (tertiary/aromatic N) is 10. The molecule has 4 saturated heterocycles. The van der Waals surface area contributed by atoms with Crippen molar-refractivity contribution in [3.05, 3.63) is 238 Å². The Labute approximate surface area is 610 Å². The topological polar surface area (TPSA) is 235 Å². The number of anilines is 1. The second-order valence-corrected chi connectivity index (χ2v) is 28.0. The minimum absolute atomic E-state index is 0.0352. The smallest absolute Gasteiger partial charge is 0.338 e. The number of piperazine rings is 2. The number of carboxylic acid groups (broad SMARTS) is 1. The number of aromatic carboxylic acids is 1. The van der Waals surface area contributed by atoms with Gasteiger partial charge in [-0.25, -0.2) is 42.7 Å². The lowest BCUT2D eigenvalue weighted by molar-refractivity contribution is -0.137. The standard InChI is InChI=1S/C42H36ClFN6O4S.C34H32ClFN6O5S/c1-25(51)26-3-5-27(6-4-26)28-7-9-29(10-8-28)30-11-14-32(15-12-30)50-23-33-22-48(18-19-49(33)42(50)53)24-36-37(41(52)54-2)38(34-16-13-31(44)21-35(34)43)47-39(46-36)40-45-17-20-55-40;1-19-13-21(32(43)44)14-20(2)24(19)5-4-9-41-17-23-16-40(10-11-42(23)34(41)46)18-27-28(33(45)47-3)29(25-7-6-22(36)15-26(25)35)39-30(38-27)31-37-8-12-48-31/h3-17,20-21,33,38H,18-19,22-24H2,1-2H3,(H,46,47);6-8,12-15,23,29H,9-11,16-18H2,1-3H3,(H,38,39)(H,43,44)/t33-,38-;23-,29-/m00/s1. The molecule has 0 unspecified atom stereocenters. The summed E-state index contributed by atoms with van der Waals surface area (Å²) in [6, 6.07) is 33.1. The summed E-state index contributed by atoms with van der Waals surface area (Å²) >= 11 is 15.8. The maximum atomic E-state index is 14.1. The van der Waals surface area contributed by atoms with Crippen LogP contribution in [-0.2, 0) is 19.1 Å². The monoisotopic (exact) mass is 1460 g/mol. The molecule has 2 aromatic heterocycles. The number of ketones is 1. The number of methoxy groups -OCH3 is 2. The van der Waals surface area contributed by atoms with Gasteiger partial charge in [0.25, 0.3) is 0 Å². The molecule has 6 aliphatic heterocycles. The van der Waals surface area contributed by atoms with Gasteiger partial charge in [-0.2, -0.15) is 0 Å². The minimum atomic E-state index is -0.990. The van der Waals surface area contributed by atoms with Crippen LogP contribution in [0.25, 0.3) is 22.3 Å². The van der Waals surface area contributed by atoms with Gasteiger partial charge in [0.2, 0.25) is 0 Å². The highest BCUT2D eigenvalue weighted by Crippen LogP contribution is 2.40. The predicted molar refractivity (Wildman–Crippen MR) is 391 cm³/mol. The molecule has 103 heavy (non-hydrogen) atoms. The number of carbonyl (C=O) groups is 6. The maximum Gasteiger partial charge on any atom is 0.338 e. The number of ether oxygens (including phenoxy) is 2. The van der Waals surface area contributed by atoms with Crippen molar-refractivity contribution in [1.82, 2.24) is 45.1 Å². The summed E-state index contributed by atoms with van der Waals surface area (Å²) in [5.74, 6) is 4.06. The number of Topliss-reactive ketones (excluding diaryl/α,β-unsaturated/α-hetero) is 1. The van der Waals surface area contributed by atoms with E-state index in [0.29, 0.717) is 115 Å². The number of amidine groups is 2. The summed E-state index contributed by atoms with van der Waals surface area (Å²) in [5, 5.41) is 21.2. The molecular formula is C76H68Cl2F2N12O9S2. The Balaban J connectivity index is 0.000000185. The van der Waals surface area contributed by atoms with Crippen LogP contribution in [0.15, 0.2) is 177 Å². The average molecular weight is 1470 g/mol. The first-order chi connectivity index (χ1) is 49.7. The summed E-state index contributed by atoms with van der Waals surface area (Å²) in [5.41, 5.74) is 10.8. The number of aryl methyl sites for hydroxylation is 2. The van der Waals surface area contributed by atoms with Crippen molar-refractivity contribution in [2.75, 3.05) is 91.1 Å². The van der Waals surface area contributed by atoms with Gasteiger partial charge in [0.15, 0.2) is 27.5 Å². The largest absolute Gasteiger partial charge is 0.478 e. The van der Waals surface area contributed by atoms with Gasteiger partial charge < -0.3 is 39.9 Å². The number of benzene rings is 6. The van der Waals surface area contributed by atoms with Crippen molar-refractivity contribution in [2.24, 2.45) is 9.98 Å². The number of carbonyl (C=O) groups excluding carboxylic acids is 5. The normalized spacial score (nSPS) is 18.9. The van der Waals surface area contributed by atoms with E-state index in [1.807, 2.05) is 87.8 Å². The molecule has 526 valence electrons. The van der Waals surface area contributed by atoms with Crippen LogP contribution < -0.4 is 15.5 Å². The molecule has 0 aliphatic carbocycles. The van der Waals surface area contributed by atoms with Gasteiger partial charge in [-0.1, -0.05) is 108 Å². The van der Waals surface area contributed by atoms with E-state index in [4.69, 9.17) is 42.7 Å². The van der Waals surface area contributed by atoms with Crippen molar-refractivity contribution in [1.29, 1.82) is 0 Å². The number of hydrogen-bond acceptors (Lipinski definition) is 18. The molecule has 27 heteroatoms. The molecule has 4 amide bonds. The SMILES string of the molecule is COC(=O)C1=C(CN2CCN3C(=O)N(CC#Cc4c(C)cc(C(=O)O)cc4C)C[C@@H]3C2)NC(c2nccs2)=N[C@H]1c1ccc(F)cc1Cl.COC(=O)C1=C(CN2CCN3C(=O)N(c4ccc(-c5ccc(-c6ccc(C(C)=O)cc6)cc5)cc4)C[C@@H]3C2)NC(c2nccs2)=N[C@H]1c1ccc(F)cc1Cl. The van der Waals surface area contributed by atoms with Crippen LogP contribution >= 0.6 is 45.9 Å². The predicted octanol–water partition coefficient (Wildman–Crippen LogP) is 11.9. The first-order valence-electron chi connectivity index (χ1n) is 33.0. The maximum absolute atomic E-state index is 14.1. The van der Waals surface area contributed by atoms with Crippen LogP contribution in [0.2, 0.25) is 10.0 Å². The number of esters is 2. The third-order valence-corrected chi connectivity index (χ3v) is 21.1. The van der Waals surface area contributed by atoms with E-state index >= 15 is 0 Å². The number of carboxylic acids is 1. The van der Waals surface area contributed by atoms with Crippen LogP contribution in [0, 0.1) is 37.3 Å². The molecule has 0 spiro atoms. The molecule has 3 N–H and O–H groups in total. The number of amides is 4. The lowest BCUT2D eigenvalue weighted by atomic mass is 9.95. The van der Waals surface area contributed by atoms with Gasteiger partial charge in [-0.3, -0.25) is 29.5 Å². The first kappa shape index (κ1) is 71.0. The second kappa shape index (κ2) is 30.6. The Morgan fingerprint density at radius 1 is 0.602 bits per heavy atom. The number of nitrogens with one attached hydrogen (secondary N) is 2. The Morgan fingerprint density at radius 3 is 1.50 bits per heavy atom. The van der Waals surface area contributed by atoms with E-state index in [2.05, 4.69) is 66.5 Å². The molecular weight excluding hydrogens is 1400 g/mol. The van der Waals surface area contributed by atoms with E-state index in [1.165, 1.54) is 73.3 Å². The summed E-state index contributed by atoms with van der Waals surface area (Å²) < 4.78 is 38.5. The number of aliphatic imine (C=N–C) groups is 2. The fourth-order valence-electron chi connectivity index (χ4n) is 13.7. The van der Waals surface area contributed by atoms with Crippen molar-refractivity contribution in [2.45, 2.75) is 44.9 Å². The number of aromatic nitrogens is 2. The zero-order chi connectivity index (χ0) is 72.3. The van der Waals surface area contributed by atoms with E-state index in [0.717, 1.165) is 44.6 Å². The van der Waals surface area contributed by atoms with Gasteiger partial charge >= 0.3 is 30.0 Å². The highest BCUT2D eigenvalue weighted by Gasteiger charge is 2.44. The summed E-state index contributed by atoms with van der Waals surface area (Å²) in [6.07, 6.45) is 3.34. The molecule has 8 heterocycles. The van der Waals surface area contributed by atoms with Crippen molar-refractivity contribution in [3.8, 4) is 34.1 Å². The molecule has 14 rings (SSSR count). The molecule has 4 fully saturated rings. The molecule has 0 radical (unpaired) electrons. The Bertz CT molecular complexity index is 4830. The molecule has 21 nitrogen and oxygen atoms in total. The van der Waals surface area contributed by atoms with Crippen molar-refractivity contribution in [3.63, 3.8) is 0 Å². The molecule has 4 atom stereocenters. The summed E-state index contributed by atoms with van der Waals surface area (Å²) in [4.78, 5) is 107. The highest BCUT2D eigenvalue weighted by atomic mass is 35.5. The lowest BCUT2D eigenvalue weighted by Crippen LogP contribution is -2.53. The van der Waals surface area contributed by atoms with E-state index in [9.17, 15) is 42.7 Å². The minimum Gasteiger partial charge on any atom is -0.478 e. The highest BCUT2D eigenvalue weighted by molar-refractivity contribution is 7.12. The number of rotatable bonds is 16. The Morgan fingerprint density at radius 2 is 1.06 bits per heavy atom. The van der Waals surface area contributed by atoms with Crippen LogP contribution in [-0.4, -0.2) is 185 Å². The summed E-state index contributed by atoms with van der Waals surface area (Å²) in [7, 11) is 2.61. The van der Waals surface area contributed by atoms with Crippen LogP contribution in [0.5, 0.6) is 0 Å². The van der Waals surface area contributed by atoms with E-state index < -0.39 is 41.6 Å². The lowest BCUT2D eigenvalue weighted by Gasteiger charge is -2.38. The van der Waals surface area contributed by atoms with Gasteiger partial charge in [0, 0.05) is 138 Å². The number of fused-ring (bicyclic) bond motifs is 2. The van der Waals surface area contributed by atoms with Gasteiger partial charge in [0.1, 0.15) is 23.7 Å². The molecule has 0 saturated carbocycles. The molecule has 6 aliphatic rings. The van der Waals surface area contributed by atoms with Crippen LogP contribution in [0.4, 0.5) is 24.1 Å².